The number of benzene rings is 1. The third kappa shape index (κ3) is 4.35. The van der Waals surface area contributed by atoms with Gasteiger partial charge in [-0.15, -0.1) is 5.10 Å². The molecule has 2 aliphatic heterocycles. The van der Waals surface area contributed by atoms with Gasteiger partial charge >= 0.3 is 0 Å². The van der Waals surface area contributed by atoms with Crippen LogP contribution in [0.5, 0.6) is 0 Å². The molecule has 6 heterocycles. The van der Waals surface area contributed by atoms with Gasteiger partial charge in [-0.3, -0.25) is 0 Å². The van der Waals surface area contributed by atoms with Crippen LogP contribution in [-0.4, -0.2) is 29.5 Å². The van der Waals surface area contributed by atoms with Gasteiger partial charge in [-0.05, 0) is 96.5 Å². The Morgan fingerprint density at radius 1 is 0.545 bits per heavy atom. The molecule has 0 saturated heterocycles. The first-order valence-corrected chi connectivity index (χ1v) is 11.3. The molecule has 158 valence electrons. The van der Waals surface area contributed by atoms with E-state index in [2.05, 4.69) is 53.8 Å². The fourth-order valence-electron chi connectivity index (χ4n) is 3.67. The van der Waals surface area contributed by atoms with E-state index in [9.17, 15) is 0 Å². The summed E-state index contributed by atoms with van der Waals surface area (Å²) in [6.07, 6.45) is 8.09. The van der Waals surface area contributed by atoms with Crippen molar-refractivity contribution < 1.29 is 0 Å². The molecule has 1 aromatic carbocycles. The summed E-state index contributed by atoms with van der Waals surface area (Å²) in [4.78, 5) is 16.0. The second kappa shape index (κ2) is 8.29. The third-order valence-electron chi connectivity index (χ3n) is 5.19. The number of aromatic nitrogens is 6. The van der Waals surface area contributed by atoms with Crippen molar-refractivity contribution in [2.45, 2.75) is 0 Å². The van der Waals surface area contributed by atoms with E-state index in [1.54, 1.807) is 0 Å². The molecule has 0 atom stereocenters. The minimum absolute atomic E-state index is 0.939. The summed E-state index contributed by atoms with van der Waals surface area (Å²) in [6, 6.07) is 24.3. The average molecular weight is 447 g/mol. The smallest absolute Gasteiger partial charge is 0.105 e. The molecule has 0 saturated carbocycles. The Kier molecular flexibility index (Phi) is 4.86. The zero-order valence-corrected chi connectivity index (χ0v) is 18.3. The van der Waals surface area contributed by atoms with Gasteiger partial charge in [0.15, 0.2) is 0 Å². The van der Waals surface area contributed by atoms with Crippen molar-refractivity contribution in [2.75, 3.05) is 0 Å². The first-order chi connectivity index (χ1) is 16.3. The topological polar surface area (TPSA) is 83.1 Å². The Balaban J connectivity index is 0.000000192. The molecule has 5 aromatic rings. The molecule has 6 nitrogen and oxygen atoms in total. The van der Waals surface area contributed by atoms with Gasteiger partial charge in [-0.2, -0.15) is 0 Å². The van der Waals surface area contributed by atoms with Gasteiger partial charge in [0.2, 0.25) is 0 Å². The van der Waals surface area contributed by atoms with Crippen molar-refractivity contribution in [1.29, 1.82) is 0 Å². The molecular formula is C26H18N6S. The van der Waals surface area contributed by atoms with Crippen molar-refractivity contribution in [3.8, 4) is 0 Å². The SMILES string of the molecule is C1=Cc2cc3ccc(cc4nc(cc5ccc(cc1n2)[nH]5)C=C4)[nH]3.c1ccc2snnc2c1. The molecule has 7 heteroatoms. The number of H-pyrrole nitrogens is 2. The summed E-state index contributed by atoms with van der Waals surface area (Å²) in [5, 5.41) is 3.89. The van der Waals surface area contributed by atoms with E-state index in [4.69, 9.17) is 0 Å². The highest BCUT2D eigenvalue weighted by molar-refractivity contribution is 7.12. The summed E-state index contributed by atoms with van der Waals surface area (Å²) in [7, 11) is 0. The summed E-state index contributed by atoms with van der Waals surface area (Å²) >= 11 is 1.43. The number of fused-ring (bicyclic) bond motifs is 9. The maximum absolute atomic E-state index is 4.63. The second-order valence-electron chi connectivity index (χ2n) is 7.65. The highest BCUT2D eigenvalue weighted by atomic mass is 32.1. The van der Waals surface area contributed by atoms with Crippen LogP contribution in [0.15, 0.2) is 72.8 Å². The number of hydrogen-bond acceptors (Lipinski definition) is 5. The van der Waals surface area contributed by atoms with Crippen LogP contribution >= 0.6 is 11.5 Å². The summed E-state index contributed by atoms with van der Waals surface area (Å²) in [6.45, 7) is 0. The van der Waals surface area contributed by atoms with Crippen LogP contribution in [-0.2, 0) is 0 Å². The van der Waals surface area contributed by atoms with E-state index in [1.807, 2.05) is 72.8 Å². The van der Waals surface area contributed by atoms with Crippen molar-refractivity contribution >= 4 is 68.1 Å². The molecule has 33 heavy (non-hydrogen) atoms. The molecule has 2 N–H and O–H groups in total. The summed E-state index contributed by atoms with van der Waals surface area (Å²) in [5.74, 6) is 0. The fraction of sp³-hybridized carbons (Fsp3) is 0. The molecule has 0 spiro atoms. The van der Waals surface area contributed by atoms with Gasteiger partial charge in [-0.1, -0.05) is 16.6 Å². The molecule has 8 bridgehead atoms. The number of hydrogen-bond donors (Lipinski definition) is 2. The Morgan fingerprint density at radius 3 is 1.45 bits per heavy atom. The van der Waals surface area contributed by atoms with E-state index in [0.717, 1.165) is 55.1 Å². The van der Waals surface area contributed by atoms with Gasteiger partial charge in [0.1, 0.15) is 5.52 Å². The lowest BCUT2D eigenvalue weighted by atomic mass is 10.3. The quantitative estimate of drug-likeness (QED) is 0.284. The average Bonchev–Trinajstić information content (AvgIpc) is 3.63. The van der Waals surface area contributed by atoms with Crippen LogP contribution in [0.25, 0.3) is 56.6 Å². The first kappa shape index (κ1) is 19.3. The number of rotatable bonds is 0. The maximum Gasteiger partial charge on any atom is 0.105 e. The lowest BCUT2D eigenvalue weighted by molar-refractivity contribution is 1.20. The van der Waals surface area contributed by atoms with Crippen LogP contribution in [0.2, 0.25) is 0 Å². The second-order valence-corrected chi connectivity index (χ2v) is 8.43. The number of nitrogens with zero attached hydrogens (tertiary/aromatic N) is 4. The Labute approximate surface area is 193 Å². The molecule has 0 amide bonds. The van der Waals surface area contributed by atoms with Crippen molar-refractivity contribution in [1.82, 2.24) is 29.5 Å². The Morgan fingerprint density at radius 2 is 1.00 bits per heavy atom. The van der Waals surface area contributed by atoms with Gasteiger partial charge in [0, 0.05) is 22.1 Å². The van der Waals surface area contributed by atoms with Crippen LogP contribution in [0, 0.1) is 0 Å². The maximum atomic E-state index is 4.63. The van der Waals surface area contributed by atoms with Crippen molar-refractivity contribution in [3.05, 3.63) is 95.6 Å². The van der Waals surface area contributed by atoms with E-state index < -0.39 is 0 Å². The summed E-state index contributed by atoms with van der Waals surface area (Å²) < 4.78 is 4.94. The molecule has 2 aliphatic rings. The lowest BCUT2D eigenvalue weighted by Crippen LogP contribution is -1.75. The minimum Gasteiger partial charge on any atom is -0.355 e. The molecule has 0 unspecified atom stereocenters. The van der Waals surface area contributed by atoms with Crippen LogP contribution in [0.1, 0.15) is 22.8 Å². The molecular weight excluding hydrogens is 428 g/mol. The van der Waals surface area contributed by atoms with E-state index >= 15 is 0 Å². The lowest BCUT2D eigenvalue weighted by Gasteiger charge is -1.85. The summed E-state index contributed by atoms with van der Waals surface area (Å²) in [5.41, 5.74) is 8.85. The molecule has 0 aliphatic carbocycles. The van der Waals surface area contributed by atoms with Crippen LogP contribution < -0.4 is 0 Å². The Hall–Kier alpha value is -4.36. The van der Waals surface area contributed by atoms with Crippen LogP contribution in [0.3, 0.4) is 0 Å². The minimum atomic E-state index is 0.939. The predicted molar refractivity (Wildman–Crippen MR) is 136 cm³/mol. The standard InChI is InChI=1S/C20H14N4.C6H4N2S/c1-2-14-10-16-5-6-18(23-16)12-20-8-7-19(24-20)11-17-4-3-15(22-17)9-13(1)21-14;1-2-4-6-5(3-1)7-8-9-6/h1-12,21,24H;1-4H. The highest BCUT2D eigenvalue weighted by Crippen LogP contribution is 2.17. The van der Waals surface area contributed by atoms with Crippen LogP contribution in [0.4, 0.5) is 0 Å². The number of aromatic amines is 2. The highest BCUT2D eigenvalue weighted by Gasteiger charge is 2.01. The predicted octanol–water partition coefficient (Wildman–Crippen LogP) is 6.35. The van der Waals surface area contributed by atoms with E-state index in [0.29, 0.717) is 0 Å². The largest absolute Gasteiger partial charge is 0.355 e. The molecule has 7 rings (SSSR count). The van der Waals surface area contributed by atoms with Gasteiger partial charge in [0.05, 0.1) is 27.5 Å². The van der Waals surface area contributed by atoms with Gasteiger partial charge < -0.3 is 9.97 Å². The fourth-order valence-corrected chi connectivity index (χ4v) is 4.23. The van der Waals surface area contributed by atoms with Gasteiger partial charge in [-0.25, -0.2) is 9.97 Å². The van der Waals surface area contributed by atoms with Crippen molar-refractivity contribution in [2.24, 2.45) is 0 Å². The first-order valence-electron chi connectivity index (χ1n) is 10.5. The number of nitrogens with one attached hydrogen (secondary N) is 2. The zero-order chi connectivity index (χ0) is 22.0. The van der Waals surface area contributed by atoms with Crippen molar-refractivity contribution in [3.63, 3.8) is 0 Å². The molecule has 4 aromatic heterocycles. The third-order valence-corrected chi connectivity index (χ3v) is 5.90. The van der Waals surface area contributed by atoms with E-state index in [1.165, 1.54) is 11.5 Å². The molecule has 0 radical (unpaired) electrons. The van der Waals surface area contributed by atoms with E-state index in [-0.39, 0.29) is 0 Å². The Bertz CT molecular complexity index is 1480. The van der Waals surface area contributed by atoms with Gasteiger partial charge in [0.25, 0.3) is 0 Å². The normalized spacial score (nSPS) is 12.0. The molecule has 0 fully saturated rings. The monoisotopic (exact) mass is 446 g/mol. The zero-order valence-electron chi connectivity index (χ0n) is 17.4.